The Hall–Kier alpha value is -1.87. The first kappa shape index (κ1) is 21.8. The molecule has 9 heteroatoms. The Kier molecular flexibility index (Phi) is 8.11. The van der Waals surface area contributed by atoms with E-state index in [2.05, 4.69) is 51.9 Å². The van der Waals surface area contributed by atoms with Crippen molar-refractivity contribution in [1.29, 1.82) is 0 Å². The molecule has 0 aliphatic heterocycles. The lowest BCUT2D eigenvalue weighted by molar-refractivity contribution is -0.118. The van der Waals surface area contributed by atoms with Crippen molar-refractivity contribution in [2.45, 2.75) is 28.3 Å². The third-order valence-electron chi connectivity index (χ3n) is 3.81. The molecule has 5 nitrogen and oxygen atoms in total. The van der Waals surface area contributed by atoms with E-state index in [0.29, 0.717) is 10.7 Å². The summed E-state index contributed by atoms with van der Waals surface area (Å²) >= 11 is 10.4. The number of hydrogen-bond acceptors (Lipinski definition) is 7. The van der Waals surface area contributed by atoms with Crippen molar-refractivity contribution in [2.24, 2.45) is 5.10 Å². The van der Waals surface area contributed by atoms with E-state index < -0.39 is 0 Å². The highest BCUT2D eigenvalue weighted by molar-refractivity contribution is 8.03. The molecule has 3 aromatic rings. The highest BCUT2D eigenvalue weighted by Crippen LogP contribution is 2.30. The predicted molar refractivity (Wildman–Crippen MR) is 123 cm³/mol. The second-order valence-electron chi connectivity index (χ2n) is 6.14. The molecule has 1 N–H and O–H groups in total. The summed E-state index contributed by atoms with van der Waals surface area (Å²) in [6.07, 6.45) is 0. The second kappa shape index (κ2) is 10.8. The van der Waals surface area contributed by atoms with E-state index in [0.717, 1.165) is 20.0 Å². The van der Waals surface area contributed by atoms with E-state index in [1.165, 1.54) is 34.2 Å². The summed E-state index contributed by atoms with van der Waals surface area (Å²) in [4.78, 5) is 12.0. The molecule has 0 saturated heterocycles. The molecular formula is C20H19ClN4OS3. The molecule has 29 heavy (non-hydrogen) atoms. The number of nitrogens with one attached hydrogen (secondary N) is 1. The van der Waals surface area contributed by atoms with Crippen LogP contribution in [0.15, 0.2) is 62.3 Å². The number of halogens is 1. The first-order chi connectivity index (χ1) is 14.0. The van der Waals surface area contributed by atoms with Crippen molar-refractivity contribution in [3.63, 3.8) is 0 Å². The number of amides is 1. The average Bonchev–Trinajstić information content (AvgIpc) is 3.18. The van der Waals surface area contributed by atoms with E-state index in [4.69, 9.17) is 11.6 Å². The van der Waals surface area contributed by atoms with E-state index in [1.807, 2.05) is 19.1 Å². The average molecular weight is 463 g/mol. The van der Waals surface area contributed by atoms with Gasteiger partial charge in [-0.25, -0.2) is 5.43 Å². The summed E-state index contributed by atoms with van der Waals surface area (Å²) in [5, 5.41) is 13.1. The normalized spacial score (nSPS) is 11.5. The monoisotopic (exact) mass is 462 g/mol. The van der Waals surface area contributed by atoms with Crippen molar-refractivity contribution in [3.8, 4) is 0 Å². The summed E-state index contributed by atoms with van der Waals surface area (Å²) in [5.41, 5.74) is 6.69. The number of carbonyl (C=O) groups excluding carboxylic acids is 1. The number of aryl methyl sites for hydroxylation is 1. The van der Waals surface area contributed by atoms with Gasteiger partial charge in [-0.3, -0.25) is 4.79 Å². The second-order valence-corrected chi connectivity index (χ2v) is 9.99. The highest BCUT2D eigenvalue weighted by atomic mass is 35.5. The van der Waals surface area contributed by atoms with E-state index in [1.54, 1.807) is 23.9 Å². The number of hydrazone groups is 1. The first-order valence-electron chi connectivity index (χ1n) is 8.73. The van der Waals surface area contributed by atoms with Crippen molar-refractivity contribution in [3.05, 3.63) is 70.2 Å². The minimum absolute atomic E-state index is 0.188. The maximum absolute atomic E-state index is 12.0. The van der Waals surface area contributed by atoms with Crippen LogP contribution in [0.25, 0.3) is 0 Å². The summed E-state index contributed by atoms with van der Waals surface area (Å²) in [6.45, 7) is 3.91. The third-order valence-corrected chi connectivity index (χ3v) is 7.32. The van der Waals surface area contributed by atoms with Gasteiger partial charge >= 0.3 is 0 Å². The molecule has 2 aromatic carbocycles. The fourth-order valence-electron chi connectivity index (χ4n) is 2.20. The number of nitrogens with zero attached hydrogens (tertiary/aromatic N) is 3. The highest BCUT2D eigenvalue weighted by Gasteiger charge is 2.09. The SMILES string of the molecule is C/C(=N/NC(=O)CSc1nnc(SCc2ccc(C)cc2)s1)c1ccc(Cl)cc1. The molecule has 150 valence electrons. The smallest absolute Gasteiger partial charge is 0.250 e. The maximum atomic E-state index is 12.0. The van der Waals surface area contributed by atoms with Gasteiger partial charge in [0.1, 0.15) is 0 Å². The zero-order valence-corrected chi connectivity index (χ0v) is 19.1. The lowest BCUT2D eigenvalue weighted by Gasteiger charge is -2.02. The van der Waals surface area contributed by atoms with Crippen LogP contribution in [-0.2, 0) is 10.5 Å². The number of rotatable bonds is 8. The maximum Gasteiger partial charge on any atom is 0.250 e. The molecule has 1 aromatic heterocycles. The summed E-state index contributed by atoms with van der Waals surface area (Å²) in [7, 11) is 0. The molecule has 3 rings (SSSR count). The van der Waals surface area contributed by atoms with Gasteiger partial charge in [0.25, 0.3) is 5.91 Å². The van der Waals surface area contributed by atoms with Gasteiger partial charge in [-0.2, -0.15) is 5.10 Å². The lowest BCUT2D eigenvalue weighted by Crippen LogP contribution is -2.21. The van der Waals surface area contributed by atoms with Gasteiger partial charge in [0.15, 0.2) is 8.68 Å². The molecule has 1 amide bonds. The topological polar surface area (TPSA) is 67.2 Å². The lowest BCUT2D eigenvalue weighted by atomic mass is 10.1. The number of benzene rings is 2. The van der Waals surface area contributed by atoms with Crippen LogP contribution in [0.5, 0.6) is 0 Å². The Morgan fingerprint density at radius 1 is 1.07 bits per heavy atom. The Morgan fingerprint density at radius 3 is 2.41 bits per heavy atom. The largest absolute Gasteiger partial charge is 0.272 e. The summed E-state index contributed by atoms with van der Waals surface area (Å²) < 4.78 is 1.66. The Bertz CT molecular complexity index is 988. The molecule has 1 heterocycles. The summed E-state index contributed by atoms with van der Waals surface area (Å²) in [5.74, 6) is 0.889. The van der Waals surface area contributed by atoms with Gasteiger partial charge in [0.2, 0.25) is 0 Å². The van der Waals surface area contributed by atoms with Gasteiger partial charge in [-0.1, -0.05) is 88.4 Å². The molecule has 0 aliphatic rings. The number of hydrogen-bond donors (Lipinski definition) is 1. The zero-order valence-electron chi connectivity index (χ0n) is 15.9. The predicted octanol–water partition coefficient (Wildman–Crippen LogP) is 5.42. The molecule has 0 aliphatic carbocycles. The quantitative estimate of drug-likeness (QED) is 0.275. The Morgan fingerprint density at radius 2 is 1.72 bits per heavy atom. The van der Waals surface area contributed by atoms with Crippen LogP contribution in [0.2, 0.25) is 5.02 Å². The van der Waals surface area contributed by atoms with Crippen LogP contribution >= 0.6 is 46.5 Å². The van der Waals surface area contributed by atoms with Crippen LogP contribution in [0, 0.1) is 6.92 Å². The van der Waals surface area contributed by atoms with Crippen molar-refractivity contribution >= 4 is 58.1 Å². The molecule has 0 radical (unpaired) electrons. The first-order valence-corrected chi connectivity index (χ1v) is 11.9. The van der Waals surface area contributed by atoms with E-state index in [9.17, 15) is 4.79 Å². The number of carbonyl (C=O) groups is 1. The number of thioether (sulfide) groups is 2. The summed E-state index contributed by atoms with van der Waals surface area (Å²) in [6, 6.07) is 15.7. The minimum atomic E-state index is -0.188. The van der Waals surface area contributed by atoms with Crippen LogP contribution in [-0.4, -0.2) is 27.6 Å². The molecule has 0 saturated carbocycles. The van der Waals surface area contributed by atoms with Crippen molar-refractivity contribution in [1.82, 2.24) is 15.6 Å². The fourth-order valence-corrected chi connectivity index (χ4v) is 5.10. The van der Waals surface area contributed by atoms with Gasteiger partial charge in [0, 0.05) is 10.8 Å². The molecule has 0 bridgehead atoms. The molecular weight excluding hydrogens is 444 g/mol. The van der Waals surface area contributed by atoms with Gasteiger partial charge in [-0.15, -0.1) is 10.2 Å². The molecule has 0 unspecified atom stereocenters. The third kappa shape index (κ3) is 7.15. The van der Waals surface area contributed by atoms with Gasteiger partial charge < -0.3 is 0 Å². The van der Waals surface area contributed by atoms with Gasteiger partial charge in [-0.05, 0) is 37.1 Å². The Balaban J connectivity index is 1.43. The molecule has 0 spiro atoms. The van der Waals surface area contributed by atoms with Crippen molar-refractivity contribution < 1.29 is 4.79 Å². The van der Waals surface area contributed by atoms with Gasteiger partial charge in [0.05, 0.1) is 11.5 Å². The van der Waals surface area contributed by atoms with Crippen LogP contribution < -0.4 is 5.43 Å². The number of aromatic nitrogens is 2. The van der Waals surface area contributed by atoms with E-state index in [-0.39, 0.29) is 11.7 Å². The fraction of sp³-hybridized carbons (Fsp3) is 0.200. The minimum Gasteiger partial charge on any atom is -0.272 e. The van der Waals surface area contributed by atoms with Crippen LogP contribution in [0.1, 0.15) is 23.6 Å². The van der Waals surface area contributed by atoms with Crippen LogP contribution in [0.3, 0.4) is 0 Å². The molecule has 0 fully saturated rings. The van der Waals surface area contributed by atoms with E-state index >= 15 is 0 Å². The van der Waals surface area contributed by atoms with Crippen molar-refractivity contribution in [2.75, 3.05) is 5.75 Å². The standard InChI is InChI=1S/C20H19ClN4OS3/c1-13-3-5-15(6-4-13)11-27-19-24-25-20(29-19)28-12-18(26)23-22-14(2)16-7-9-17(21)10-8-16/h3-10H,11-12H2,1-2H3,(H,23,26)/b22-14-. The van der Waals surface area contributed by atoms with Crippen LogP contribution in [0.4, 0.5) is 0 Å². The zero-order chi connectivity index (χ0) is 20.6. The Labute approximate surface area is 187 Å². The molecule has 0 atom stereocenters.